The van der Waals surface area contributed by atoms with Crippen LogP contribution in [0, 0.1) is 0 Å². The fourth-order valence-electron chi connectivity index (χ4n) is 1.59. The van der Waals surface area contributed by atoms with Crippen LogP contribution in [0.5, 0.6) is 0 Å². The van der Waals surface area contributed by atoms with Crippen LogP contribution in [0.2, 0.25) is 0 Å². The number of carboxylic acid groups (broad SMARTS) is 1. The van der Waals surface area contributed by atoms with Crippen molar-refractivity contribution in [2.45, 2.75) is 18.9 Å². The van der Waals surface area contributed by atoms with Gasteiger partial charge in [-0.25, -0.2) is 13.2 Å². The van der Waals surface area contributed by atoms with Crippen molar-refractivity contribution in [3.8, 4) is 0 Å². The first kappa shape index (κ1) is 16.2. The Labute approximate surface area is 117 Å². The van der Waals surface area contributed by atoms with Gasteiger partial charge in [0.05, 0.1) is 5.75 Å². The topological polar surface area (TPSA) is 101 Å². The molecule has 0 saturated heterocycles. The van der Waals surface area contributed by atoms with Gasteiger partial charge in [-0.05, 0) is 5.56 Å². The highest BCUT2D eigenvalue weighted by atomic mass is 32.2. The highest BCUT2D eigenvalue weighted by Gasteiger charge is 2.20. The number of nitrogens with one attached hydrogen (secondary N) is 1. The van der Waals surface area contributed by atoms with E-state index in [4.69, 9.17) is 5.11 Å². The quantitative estimate of drug-likeness (QED) is 0.751. The van der Waals surface area contributed by atoms with Crippen molar-refractivity contribution in [3.05, 3.63) is 35.9 Å². The second kappa shape index (κ2) is 7.04. The minimum atomic E-state index is -3.24. The van der Waals surface area contributed by atoms with E-state index in [1.165, 1.54) is 0 Å². The lowest BCUT2D eigenvalue weighted by atomic mass is 10.1. The van der Waals surface area contributed by atoms with Gasteiger partial charge in [-0.1, -0.05) is 30.3 Å². The lowest BCUT2D eigenvalue weighted by molar-refractivity contribution is -0.141. The highest BCUT2D eigenvalue weighted by Crippen LogP contribution is 2.04. The molecule has 7 heteroatoms. The predicted octanol–water partition coefficient (Wildman–Crippen LogP) is 0.233. The Hall–Kier alpha value is -1.89. The van der Waals surface area contributed by atoms with Crippen LogP contribution in [0.1, 0.15) is 12.0 Å². The minimum absolute atomic E-state index is 0.154. The third-order valence-electron chi connectivity index (χ3n) is 2.62. The molecule has 0 saturated carbocycles. The summed E-state index contributed by atoms with van der Waals surface area (Å²) in [6.07, 6.45) is 0.942. The van der Waals surface area contributed by atoms with Crippen LogP contribution in [0.3, 0.4) is 0 Å². The van der Waals surface area contributed by atoms with Gasteiger partial charge in [-0.3, -0.25) is 4.79 Å². The van der Waals surface area contributed by atoms with Crippen LogP contribution in [0.25, 0.3) is 0 Å². The first-order valence-electron chi connectivity index (χ1n) is 6.02. The molecular formula is C13H17NO5S. The Morgan fingerprint density at radius 1 is 1.25 bits per heavy atom. The van der Waals surface area contributed by atoms with Crippen LogP contribution in [-0.4, -0.2) is 43.5 Å². The molecule has 20 heavy (non-hydrogen) atoms. The van der Waals surface area contributed by atoms with Crippen molar-refractivity contribution in [1.29, 1.82) is 0 Å². The Balaban J connectivity index is 2.59. The summed E-state index contributed by atoms with van der Waals surface area (Å²) >= 11 is 0. The van der Waals surface area contributed by atoms with Gasteiger partial charge < -0.3 is 10.4 Å². The van der Waals surface area contributed by atoms with Crippen LogP contribution in [0.4, 0.5) is 0 Å². The molecule has 0 aromatic heterocycles. The van der Waals surface area contributed by atoms with Crippen molar-refractivity contribution in [2.75, 3.05) is 12.0 Å². The SMILES string of the molecule is CS(=O)(=O)CCC(=O)N[C@@H](Cc1ccccc1)C(=O)O. The van der Waals surface area contributed by atoms with E-state index in [1.807, 2.05) is 6.07 Å². The number of hydrogen-bond acceptors (Lipinski definition) is 4. The molecule has 0 bridgehead atoms. The van der Waals surface area contributed by atoms with Gasteiger partial charge >= 0.3 is 5.97 Å². The van der Waals surface area contributed by atoms with Gasteiger partial charge in [0, 0.05) is 19.1 Å². The van der Waals surface area contributed by atoms with Crippen LogP contribution < -0.4 is 5.32 Å². The summed E-state index contributed by atoms with van der Waals surface area (Å²) in [7, 11) is -3.24. The van der Waals surface area contributed by atoms with Crippen LogP contribution in [0.15, 0.2) is 30.3 Å². The van der Waals surface area contributed by atoms with Gasteiger partial charge in [0.15, 0.2) is 0 Å². The monoisotopic (exact) mass is 299 g/mol. The molecule has 0 aliphatic rings. The molecular weight excluding hydrogens is 282 g/mol. The minimum Gasteiger partial charge on any atom is -0.480 e. The number of carbonyl (C=O) groups is 2. The zero-order valence-corrected chi connectivity index (χ0v) is 11.9. The zero-order chi connectivity index (χ0) is 15.2. The molecule has 0 spiro atoms. The molecule has 1 aromatic carbocycles. The number of carbonyl (C=O) groups excluding carboxylic acids is 1. The fourth-order valence-corrected chi connectivity index (χ4v) is 2.15. The molecule has 1 atom stereocenters. The molecule has 0 unspecified atom stereocenters. The zero-order valence-electron chi connectivity index (χ0n) is 11.1. The molecule has 0 radical (unpaired) electrons. The summed E-state index contributed by atoms with van der Waals surface area (Å²) in [4.78, 5) is 22.7. The number of amides is 1. The fraction of sp³-hybridized carbons (Fsp3) is 0.385. The normalized spacial score (nSPS) is 12.7. The summed E-state index contributed by atoms with van der Waals surface area (Å²) in [5.74, 6) is -2.03. The predicted molar refractivity (Wildman–Crippen MR) is 74.0 cm³/mol. The molecule has 110 valence electrons. The number of rotatable bonds is 7. The van der Waals surface area contributed by atoms with E-state index in [0.29, 0.717) is 0 Å². The largest absolute Gasteiger partial charge is 0.480 e. The maximum absolute atomic E-state index is 11.6. The van der Waals surface area contributed by atoms with Crippen molar-refractivity contribution >= 4 is 21.7 Å². The lowest BCUT2D eigenvalue weighted by Gasteiger charge is -2.14. The van der Waals surface area contributed by atoms with Crippen molar-refractivity contribution in [3.63, 3.8) is 0 Å². The number of carboxylic acids is 1. The number of benzene rings is 1. The maximum Gasteiger partial charge on any atom is 0.326 e. The second-order valence-corrected chi connectivity index (χ2v) is 6.79. The average molecular weight is 299 g/mol. The molecule has 0 heterocycles. The van der Waals surface area contributed by atoms with Gasteiger partial charge in [0.1, 0.15) is 15.9 Å². The van der Waals surface area contributed by atoms with E-state index >= 15 is 0 Å². The third-order valence-corrected chi connectivity index (χ3v) is 3.56. The van der Waals surface area contributed by atoms with Gasteiger partial charge in [-0.15, -0.1) is 0 Å². The summed E-state index contributed by atoms with van der Waals surface area (Å²) in [5.41, 5.74) is 0.781. The standard InChI is InChI=1S/C13H17NO5S/c1-20(18,19)8-7-12(15)14-11(13(16)17)9-10-5-3-2-4-6-10/h2-6,11H,7-9H2,1H3,(H,14,15)(H,16,17)/t11-/m0/s1. The first-order valence-corrected chi connectivity index (χ1v) is 8.08. The smallest absolute Gasteiger partial charge is 0.326 e. The third kappa shape index (κ3) is 6.33. The van der Waals surface area contributed by atoms with Crippen LogP contribution in [-0.2, 0) is 25.8 Å². The van der Waals surface area contributed by atoms with Gasteiger partial charge in [0.25, 0.3) is 0 Å². The highest BCUT2D eigenvalue weighted by molar-refractivity contribution is 7.90. The van der Waals surface area contributed by atoms with Crippen molar-refractivity contribution < 1.29 is 23.1 Å². The summed E-state index contributed by atoms with van der Waals surface area (Å²) in [6, 6.07) is 7.82. The number of aliphatic carboxylic acids is 1. The van der Waals surface area contributed by atoms with Crippen molar-refractivity contribution in [2.24, 2.45) is 0 Å². The molecule has 2 N–H and O–H groups in total. The summed E-state index contributed by atoms with van der Waals surface area (Å²) in [6.45, 7) is 0. The molecule has 1 rings (SSSR count). The summed E-state index contributed by atoms with van der Waals surface area (Å²) in [5, 5.41) is 11.4. The summed E-state index contributed by atoms with van der Waals surface area (Å²) < 4.78 is 21.9. The molecule has 1 amide bonds. The van der Waals surface area contributed by atoms with E-state index in [2.05, 4.69) is 5.32 Å². The number of hydrogen-bond donors (Lipinski definition) is 2. The van der Waals surface area contributed by atoms with E-state index < -0.39 is 27.8 Å². The van der Waals surface area contributed by atoms with Crippen molar-refractivity contribution in [1.82, 2.24) is 5.32 Å². The van der Waals surface area contributed by atoms with Gasteiger partial charge in [0.2, 0.25) is 5.91 Å². The Morgan fingerprint density at radius 2 is 1.85 bits per heavy atom. The number of sulfone groups is 1. The lowest BCUT2D eigenvalue weighted by Crippen LogP contribution is -2.42. The molecule has 6 nitrogen and oxygen atoms in total. The van der Waals surface area contributed by atoms with E-state index in [-0.39, 0.29) is 18.6 Å². The second-order valence-electron chi connectivity index (χ2n) is 4.53. The van der Waals surface area contributed by atoms with E-state index in [9.17, 15) is 18.0 Å². The van der Waals surface area contributed by atoms with Crippen LogP contribution >= 0.6 is 0 Å². The first-order chi connectivity index (χ1) is 9.28. The molecule has 0 fully saturated rings. The Bertz CT molecular complexity index is 568. The maximum atomic E-state index is 11.6. The Kier molecular flexibility index (Phi) is 5.69. The van der Waals surface area contributed by atoms with E-state index in [0.717, 1.165) is 11.8 Å². The average Bonchev–Trinajstić information content (AvgIpc) is 2.36. The van der Waals surface area contributed by atoms with Gasteiger partial charge in [-0.2, -0.15) is 0 Å². The molecule has 1 aromatic rings. The van der Waals surface area contributed by atoms with E-state index in [1.54, 1.807) is 24.3 Å². The molecule has 0 aliphatic carbocycles. The Morgan fingerprint density at radius 3 is 2.35 bits per heavy atom. The molecule has 0 aliphatic heterocycles.